The van der Waals surface area contributed by atoms with Crippen LogP contribution in [0.15, 0.2) is 12.7 Å². The van der Waals surface area contributed by atoms with Crippen molar-refractivity contribution in [1.82, 2.24) is 0 Å². The largest absolute Gasteiger partial charge is 0.463 e. The van der Waals surface area contributed by atoms with Crippen molar-refractivity contribution in [3.8, 4) is 0 Å². The van der Waals surface area contributed by atoms with Gasteiger partial charge in [-0.2, -0.15) is 0 Å². The van der Waals surface area contributed by atoms with Crippen LogP contribution in [-0.4, -0.2) is 53.8 Å². The molecule has 0 aliphatic rings. The number of carbonyl (C=O) groups excluding carboxylic acids is 2. The van der Waals surface area contributed by atoms with Gasteiger partial charge in [-0.1, -0.05) is 13.5 Å². The highest BCUT2D eigenvalue weighted by molar-refractivity contribution is 7.51. The molecule has 0 radical (unpaired) electrons. The molecule has 0 saturated carbocycles. The molecule has 0 bridgehead atoms. The first-order valence-corrected chi connectivity index (χ1v) is 8.69. The number of hydrogen-bond acceptors (Lipinski definition) is 6. The summed E-state index contributed by atoms with van der Waals surface area (Å²) in [6, 6.07) is 0. The zero-order valence-corrected chi connectivity index (χ0v) is 13.5. The third-order valence-corrected chi connectivity index (χ3v) is 3.39. The van der Waals surface area contributed by atoms with Gasteiger partial charge in [-0.05, 0) is 12.8 Å². The second-order valence-corrected chi connectivity index (χ2v) is 6.24. The summed E-state index contributed by atoms with van der Waals surface area (Å²) < 4.78 is 25.8. The maximum atomic E-state index is 11.1. The number of ether oxygens (including phenoxy) is 3. The van der Waals surface area contributed by atoms with E-state index in [1.165, 1.54) is 0 Å². The highest BCUT2D eigenvalue weighted by atomic mass is 31.2. The Kier molecular flexibility index (Phi) is 10.7. The van der Waals surface area contributed by atoms with E-state index in [4.69, 9.17) is 24.0 Å². The monoisotopic (exact) mass is 338 g/mol. The quantitative estimate of drug-likeness (QED) is 0.234. The maximum Gasteiger partial charge on any atom is 0.330 e. The zero-order chi connectivity index (χ0) is 17.0. The molecule has 0 aliphatic heterocycles. The summed E-state index contributed by atoms with van der Waals surface area (Å²) in [5, 5.41) is 0. The third-order valence-electron chi connectivity index (χ3n) is 2.49. The average molecular weight is 338 g/mol. The number of hydrogen-bond donors (Lipinski definition) is 2. The van der Waals surface area contributed by atoms with Gasteiger partial charge in [-0.15, -0.1) is 0 Å². The zero-order valence-electron chi connectivity index (χ0n) is 12.6. The lowest BCUT2D eigenvalue weighted by molar-refractivity contribution is -0.152. The Hall–Kier alpha value is -1.21. The summed E-state index contributed by atoms with van der Waals surface area (Å²) in [4.78, 5) is 39.5. The van der Waals surface area contributed by atoms with Crippen molar-refractivity contribution in [2.75, 3.05) is 26.0 Å². The topological polar surface area (TPSA) is 119 Å². The lowest BCUT2D eigenvalue weighted by Gasteiger charge is -2.17. The van der Waals surface area contributed by atoms with Gasteiger partial charge in [0.2, 0.25) is 0 Å². The first-order valence-electron chi connectivity index (χ1n) is 6.89. The predicted octanol–water partition coefficient (Wildman–Crippen LogP) is 1.01. The molecule has 1 unspecified atom stereocenters. The molecule has 0 fully saturated rings. The molecule has 8 nitrogen and oxygen atoms in total. The highest BCUT2D eigenvalue weighted by Gasteiger charge is 2.15. The van der Waals surface area contributed by atoms with Crippen LogP contribution in [0.2, 0.25) is 0 Å². The molecule has 0 rings (SSSR count). The number of carbonyl (C=O) groups is 2. The molecule has 9 heteroatoms. The van der Waals surface area contributed by atoms with Crippen LogP contribution in [0.4, 0.5) is 0 Å². The van der Waals surface area contributed by atoms with E-state index in [1.54, 1.807) is 6.92 Å². The first kappa shape index (κ1) is 20.8. The molecular formula is C13H23O8P. The van der Waals surface area contributed by atoms with Gasteiger partial charge < -0.3 is 24.0 Å². The van der Waals surface area contributed by atoms with Crippen molar-refractivity contribution in [2.45, 2.75) is 32.3 Å². The number of esters is 2. The molecule has 0 amide bonds. The summed E-state index contributed by atoms with van der Waals surface area (Å²) >= 11 is 0. The van der Waals surface area contributed by atoms with Crippen LogP contribution < -0.4 is 0 Å². The number of unbranched alkanes of at least 4 members (excludes halogenated alkanes) is 1. The van der Waals surface area contributed by atoms with Gasteiger partial charge in [0, 0.05) is 25.3 Å². The molecular weight excluding hydrogens is 315 g/mol. The van der Waals surface area contributed by atoms with Gasteiger partial charge in [-0.25, -0.2) is 4.79 Å². The molecule has 2 N–H and O–H groups in total. The molecule has 128 valence electrons. The van der Waals surface area contributed by atoms with E-state index in [-0.39, 0.29) is 32.4 Å². The fourth-order valence-electron chi connectivity index (χ4n) is 1.34. The smallest absolute Gasteiger partial charge is 0.330 e. The summed E-state index contributed by atoms with van der Waals surface area (Å²) in [7, 11) is -3.99. The Morgan fingerprint density at radius 1 is 1.23 bits per heavy atom. The van der Waals surface area contributed by atoms with E-state index in [0.29, 0.717) is 12.8 Å². The van der Waals surface area contributed by atoms with Gasteiger partial charge in [0.15, 0.2) is 0 Å². The van der Waals surface area contributed by atoms with E-state index in [9.17, 15) is 14.2 Å². The predicted molar refractivity (Wildman–Crippen MR) is 78.3 cm³/mol. The number of rotatable bonds is 12. The van der Waals surface area contributed by atoms with Gasteiger partial charge in [0.25, 0.3) is 0 Å². The van der Waals surface area contributed by atoms with Crippen LogP contribution in [0.5, 0.6) is 0 Å². The van der Waals surface area contributed by atoms with Crippen LogP contribution in [0, 0.1) is 0 Å². The minimum atomic E-state index is -3.99. The fraction of sp³-hybridized carbons (Fsp3) is 0.692. The normalized spacial score (nSPS) is 12.5. The molecule has 0 heterocycles. The Morgan fingerprint density at radius 3 is 2.41 bits per heavy atom. The van der Waals surface area contributed by atoms with Crippen molar-refractivity contribution < 1.29 is 38.2 Å². The van der Waals surface area contributed by atoms with Crippen molar-refractivity contribution in [3.05, 3.63) is 12.7 Å². The van der Waals surface area contributed by atoms with Gasteiger partial charge in [0.1, 0.15) is 19.3 Å². The molecule has 1 atom stereocenters. The van der Waals surface area contributed by atoms with Crippen LogP contribution in [0.3, 0.4) is 0 Å². The van der Waals surface area contributed by atoms with Crippen molar-refractivity contribution >= 4 is 19.5 Å². The van der Waals surface area contributed by atoms with E-state index >= 15 is 0 Å². The fourth-order valence-corrected chi connectivity index (χ4v) is 1.97. The van der Waals surface area contributed by atoms with Gasteiger partial charge >= 0.3 is 19.5 Å². The lowest BCUT2D eigenvalue weighted by Crippen LogP contribution is -2.28. The van der Waals surface area contributed by atoms with E-state index in [1.807, 2.05) is 0 Å². The van der Waals surface area contributed by atoms with Crippen LogP contribution in [0.25, 0.3) is 0 Å². The molecule has 0 saturated heterocycles. The average Bonchev–Trinajstić information content (AvgIpc) is 2.46. The minimum absolute atomic E-state index is 0.0599. The van der Waals surface area contributed by atoms with Crippen molar-refractivity contribution in [3.63, 3.8) is 0 Å². The van der Waals surface area contributed by atoms with E-state index in [2.05, 4.69) is 6.58 Å². The standard InChI is InChI=1S/C13H23O8P/c1-3-12(14)20-9-11(10-21-13(15)4-2)19-7-5-6-8-22(16,17)18/h3,11H,1,4-10H2,2H3,(H2,16,17,18). The summed E-state index contributed by atoms with van der Waals surface area (Å²) in [5.74, 6) is -1.01. The van der Waals surface area contributed by atoms with E-state index in [0.717, 1.165) is 6.08 Å². The van der Waals surface area contributed by atoms with Crippen molar-refractivity contribution in [1.29, 1.82) is 0 Å². The molecule has 0 spiro atoms. The maximum absolute atomic E-state index is 11.1. The highest BCUT2D eigenvalue weighted by Crippen LogP contribution is 2.35. The van der Waals surface area contributed by atoms with Crippen LogP contribution in [-0.2, 0) is 28.4 Å². The van der Waals surface area contributed by atoms with Gasteiger partial charge in [-0.3, -0.25) is 9.36 Å². The Bertz CT molecular complexity index is 403. The second-order valence-electron chi connectivity index (χ2n) is 4.46. The molecule has 22 heavy (non-hydrogen) atoms. The minimum Gasteiger partial charge on any atom is -0.463 e. The summed E-state index contributed by atoms with van der Waals surface area (Å²) in [6.07, 6.45) is 1.12. The molecule has 0 aliphatic carbocycles. The third kappa shape index (κ3) is 12.5. The lowest BCUT2D eigenvalue weighted by atomic mass is 10.3. The summed E-state index contributed by atoms with van der Waals surface area (Å²) in [6.45, 7) is 4.96. The van der Waals surface area contributed by atoms with Crippen LogP contribution in [0.1, 0.15) is 26.2 Å². The Labute approximate surface area is 129 Å². The SMILES string of the molecule is C=CC(=O)OCC(COC(=O)CC)OCCCCP(=O)(O)O. The van der Waals surface area contributed by atoms with E-state index < -0.39 is 25.6 Å². The Morgan fingerprint density at radius 2 is 1.86 bits per heavy atom. The van der Waals surface area contributed by atoms with Crippen LogP contribution >= 0.6 is 7.60 Å². The van der Waals surface area contributed by atoms with Gasteiger partial charge in [0.05, 0.1) is 0 Å². The molecule has 0 aromatic heterocycles. The first-order chi connectivity index (χ1) is 10.3. The summed E-state index contributed by atoms with van der Waals surface area (Å²) in [5.41, 5.74) is 0. The Balaban J connectivity index is 4.10. The molecule has 0 aromatic carbocycles. The second kappa shape index (κ2) is 11.4. The van der Waals surface area contributed by atoms with Crippen molar-refractivity contribution in [2.24, 2.45) is 0 Å². The molecule has 0 aromatic rings.